The molecular weight excluding hydrogens is 340 g/mol. The van der Waals surface area contributed by atoms with Gasteiger partial charge in [0, 0.05) is 25.7 Å². The SMILES string of the molecule is Cc1cccc(C(=O)N2CCN(CC3CC3)[C@@H]3CS(=O)(=O)C[C@@H]32)c1O. The Balaban J connectivity index is 1.62. The fourth-order valence-electron chi connectivity index (χ4n) is 4.12. The summed E-state index contributed by atoms with van der Waals surface area (Å²) in [6.45, 7) is 3.90. The standard InChI is InChI=1S/C18H24N2O4S/c1-12-3-2-4-14(17(12)21)18(22)20-8-7-19(9-13-5-6-13)15-10-25(23,24)11-16(15)20/h2-4,13,15-16,21H,5-11H2,1H3/t15-,16+/m1/s1. The van der Waals surface area contributed by atoms with E-state index in [9.17, 15) is 18.3 Å². The maximum atomic E-state index is 13.0. The molecule has 1 saturated carbocycles. The van der Waals surface area contributed by atoms with Crippen LogP contribution in [-0.4, -0.2) is 72.5 Å². The molecule has 1 amide bonds. The van der Waals surface area contributed by atoms with Crippen LogP contribution in [-0.2, 0) is 9.84 Å². The van der Waals surface area contributed by atoms with Crippen LogP contribution in [0.5, 0.6) is 5.75 Å². The summed E-state index contributed by atoms with van der Waals surface area (Å²) >= 11 is 0. The predicted molar refractivity (Wildman–Crippen MR) is 94.4 cm³/mol. The van der Waals surface area contributed by atoms with Crippen LogP contribution < -0.4 is 0 Å². The Morgan fingerprint density at radius 3 is 2.64 bits per heavy atom. The van der Waals surface area contributed by atoms with Crippen LogP contribution in [0.3, 0.4) is 0 Å². The molecule has 6 nitrogen and oxygen atoms in total. The van der Waals surface area contributed by atoms with E-state index < -0.39 is 9.84 Å². The summed E-state index contributed by atoms with van der Waals surface area (Å²) in [4.78, 5) is 17.0. The third-order valence-corrected chi connectivity index (χ3v) is 7.41. The molecule has 1 N–H and O–H groups in total. The van der Waals surface area contributed by atoms with Gasteiger partial charge in [0.2, 0.25) is 0 Å². The Morgan fingerprint density at radius 1 is 1.20 bits per heavy atom. The number of aromatic hydroxyl groups is 1. The van der Waals surface area contributed by atoms with Gasteiger partial charge in [-0.2, -0.15) is 0 Å². The zero-order valence-corrected chi connectivity index (χ0v) is 15.2. The number of sulfone groups is 1. The highest BCUT2D eigenvalue weighted by Gasteiger charge is 2.49. The number of carbonyl (C=O) groups excluding carboxylic acids is 1. The van der Waals surface area contributed by atoms with E-state index in [0.717, 1.165) is 6.54 Å². The number of rotatable bonds is 3. The van der Waals surface area contributed by atoms with Crippen LogP contribution in [0.4, 0.5) is 0 Å². The van der Waals surface area contributed by atoms with Crippen LogP contribution in [0, 0.1) is 12.8 Å². The molecule has 1 aromatic carbocycles. The van der Waals surface area contributed by atoms with Gasteiger partial charge in [-0.25, -0.2) is 8.42 Å². The van der Waals surface area contributed by atoms with E-state index in [0.29, 0.717) is 24.6 Å². The monoisotopic (exact) mass is 364 g/mol. The zero-order chi connectivity index (χ0) is 17.8. The second-order valence-electron chi connectivity index (χ2n) is 7.62. The molecule has 3 aliphatic rings. The first-order chi connectivity index (χ1) is 11.9. The van der Waals surface area contributed by atoms with Crippen LogP contribution in [0.25, 0.3) is 0 Å². The molecule has 25 heavy (non-hydrogen) atoms. The summed E-state index contributed by atoms with van der Waals surface area (Å²) < 4.78 is 24.5. The van der Waals surface area contributed by atoms with Crippen LogP contribution >= 0.6 is 0 Å². The van der Waals surface area contributed by atoms with E-state index in [4.69, 9.17) is 0 Å². The number of carbonyl (C=O) groups is 1. The lowest BCUT2D eigenvalue weighted by molar-refractivity contribution is 0.0316. The zero-order valence-electron chi connectivity index (χ0n) is 14.4. The molecule has 0 unspecified atom stereocenters. The molecule has 0 spiro atoms. The summed E-state index contributed by atoms with van der Waals surface area (Å²) in [7, 11) is -3.14. The van der Waals surface area contributed by atoms with Gasteiger partial charge in [0.1, 0.15) is 5.75 Å². The molecular formula is C18H24N2O4S. The van der Waals surface area contributed by atoms with Crippen molar-refractivity contribution in [3.8, 4) is 5.75 Å². The average molecular weight is 364 g/mol. The number of amides is 1. The van der Waals surface area contributed by atoms with Gasteiger partial charge in [-0.05, 0) is 37.3 Å². The largest absolute Gasteiger partial charge is 0.507 e. The molecule has 1 aromatic rings. The number of para-hydroxylation sites is 1. The molecule has 3 fully saturated rings. The molecule has 136 valence electrons. The highest BCUT2D eigenvalue weighted by atomic mass is 32.2. The summed E-state index contributed by atoms with van der Waals surface area (Å²) in [6.07, 6.45) is 2.45. The van der Waals surface area contributed by atoms with Gasteiger partial charge in [-0.1, -0.05) is 12.1 Å². The van der Waals surface area contributed by atoms with Crippen LogP contribution in [0.1, 0.15) is 28.8 Å². The van der Waals surface area contributed by atoms with Gasteiger partial charge < -0.3 is 10.0 Å². The van der Waals surface area contributed by atoms with Crippen molar-refractivity contribution in [3.05, 3.63) is 29.3 Å². The Hall–Kier alpha value is -1.60. The maximum absolute atomic E-state index is 13.0. The fraction of sp³-hybridized carbons (Fsp3) is 0.611. The number of fused-ring (bicyclic) bond motifs is 1. The van der Waals surface area contributed by atoms with E-state index in [1.54, 1.807) is 30.0 Å². The number of hydrogen-bond acceptors (Lipinski definition) is 5. The summed E-state index contributed by atoms with van der Waals surface area (Å²) in [6, 6.07) is 4.68. The molecule has 4 rings (SSSR count). The molecule has 0 aromatic heterocycles. The molecule has 0 radical (unpaired) electrons. The van der Waals surface area contributed by atoms with Crippen molar-refractivity contribution < 1.29 is 18.3 Å². The number of nitrogens with zero attached hydrogens (tertiary/aromatic N) is 2. The number of phenols is 1. The van der Waals surface area contributed by atoms with E-state index in [1.165, 1.54) is 12.8 Å². The molecule has 2 atom stereocenters. The lowest BCUT2D eigenvalue weighted by Gasteiger charge is -2.44. The van der Waals surface area contributed by atoms with E-state index in [2.05, 4.69) is 4.90 Å². The average Bonchev–Trinajstić information content (AvgIpc) is 3.30. The van der Waals surface area contributed by atoms with E-state index >= 15 is 0 Å². The first kappa shape index (κ1) is 16.8. The lowest BCUT2D eigenvalue weighted by atomic mass is 10.0. The third-order valence-electron chi connectivity index (χ3n) is 5.71. The van der Waals surface area contributed by atoms with E-state index in [1.807, 2.05) is 0 Å². The normalized spacial score (nSPS) is 28.8. The van der Waals surface area contributed by atoms with Gasteiger partial charge in [0.05, 0.1) is 23.1 Å². The number of hydrogen-bond donors (Lipinski definition) is 1. The number of benzene rings is 1. The Morgan fingerprint density at radius 2 is 1.92 bits per heavy atom. The predicted octanol–water partition coefficient (Wildman–Crippen LogP) is 1.03. The minimum atomic E-state index is -3.14. The van der Waals surface area contributed by atoms with Crippen molar-refractivity contribution in [1.29, 1.82) is 0 Å². The highest BCUT2D eigenvalue weighted by molar-refractivity contribution is 7.91. The molecule has 2 aliphatic heterocycles. The fourth-order valence-corrected chi connectivity index (χ4v) is 6.13. The number of piperazine rings is 1. The highest BCUT2D eigenvalue weighted by Crippen LogP contribution is 2.35. The quantitative estimate of drug-likeness (QED) is 0.867. The van der Waals surface area contributed by atoms with Gasteiger partial charge in [0.25, 0.3) is 5.91 Å². The minimum Gasteiger partial charge on any atom is -0.507 e. The Labute approximate surface area is 148 Å². The number of aryl methyl sites for hydroxylation is 1. The van der Waals surface area contributed by atoms with Crippen molar-refractivity contribution >= 4 is 15.7 Å². The van der Waals surface area contributed by atoms with Crippen molar-refractivity contribution in [2.75, 3.05) is 31.1 Å². The molecule has 2 heterocycles. The first-order valence-electron chi connectivity index (χ1n) is 8.90. The Bertz CT molecular complexity index is 803. The van der Waals surface area contributed by atoms with Crippen molar-refractivity contribution in [2.24, 2.45) is 5.92 Å². The molecule has 1 aliphatic carbocycles. The van der Waals surface area contributed by atoms with Gasteiger partial charge in [-0.15, -0.1) is 0 Å². The summed E-state index contributed by atoms with van der Waals surface area (Å²) in [5, 5.41) is 10.2. The molecule has 2 saturated heterocycles. The first-order valence-corrected chi connectivity index (χ1v) is 10.7. The van der Waals surface area contributed by atoms with Crippen molar-refractivity contribution in [1.82, 2.24) is 9.80 Å². The summed E-state index contributed by atoms with van der Waals surface area (Å²) in [5.74, 6) is 0.571. The molecule has 7 heteroatoms. The van der Waals surface area contributed by atoms with Crippen molar-refractivity contribution in [3.63, 3.8) is 0 Å². The topological polar surface area (TPSA) is 77.9 Å². The third kappa shape index (κ3) is 3.15. The van der Waals surface area contributed by atoms with Crippen LogP contribution in [0.2, 0.25) is 0 Å². The van der Waals surface area contributed by atoms with Gasteiger partial charge >= 0.3 is 0 Å². The Kier molecular flexibility index (Phi) is 4.03. The smallest absolute Gasteiger partial charge is 0.258 e. The lowest BCUT2D eigenvalue weighted by Crippen LogP contribution is -2.60. The van der Waals surface area contributed by atoms with Crippen molar-refractivity contribution in [2.45, 2.75) is 31.8 Å². The van der Waals surface area contributed by atoms with Gasteiger partial charge in [-0.3, -0.25) is 9.69 Å². The van der Waals surface area contributed by atoms with E-state index in [-0.39, 0.29) is 40.8 Å². The molecule has 0 bridgehead atoms. The second kappa shape index (κ2) is 5.99. The van der Waals surface area contributed by atoms with Gasteiger partial charge in [0.15, 0.2) is 9.84 Å². The minimum absolute atomic E-state index is 0.00897. The van der Waals surface area contributed by atoms with Crippen LogP contribution in [0.15, 0.2) is 18.2 Å². The number of phenolic OH excluding ortho intramolecular Hbond substituents is 1. The maximum Gasteiger partial charge on any atom is 0.258 e. The second-order valence-corrected chi connectivity index (χ2v) is 9.77. The summed E-state index contributed by atoms with van der Waals surface area (Å²) in [5.41, 5.74) is 0.910.